The van der Waals surface area contributed by atoms with Crippen LogP contribution in [0.2, 0.25) is 0 Å². The van der Waals surface area contributed by atoms with Crippen molar-refractivity contribution in [1.29, 1.82) is 0 Å². The number of aromatic nitrogens is 1. The molecular formula is C23H23N5O2. The first kappa shape index (κ1) is 17.7. The van der Waals surface area contributed by atoms with Crippen LogP contribution in [0.3, 0.4) is 0 Å². The van der Waals surface area contributed by atoms with Crippen LogP contribution in [-0.4, -0.2) is 64.7 Å². The predicted octanol–water partition coefficient (Wildman–Crippen LogP) is 2.77. The van der Waals surface area contributed by atoms with Crippen molar-refractivity contribution in [3.05, 3.63) is 59.7 Å². The second-order valence-corrected chi connectivity index (χ2v) is 8.13. The first-order chi connectivity index (χ1) is 14.8. The van der Waals surface area contributed by atoms with E-state index in [9.17, 15) is 5.11 Å². The molecule has 30 heavy (non-hydrogen) atoms. The molecule has 0 amide bonds. The van der Waals surface area contributed by atoms with E-state index in [4.69, 9.17) is 9.83 Å². The number of hydrogen-bond acceptors (Lipinski definition) is 6. The molecule has 1 aromatic heterocycles. The van der Waals surface area contributed by atoms with Gasteiger partial charge in [0.15, 0.2) is 5.88 Å². The Morgan fingerprint density at radius 1 is 1.17 bits per heavy atom. The van der Waals surface area contributed by atoms with Gasteiger partial charge in [0.05, 0.1) is 11.3 Å². The number of nitrogens with zero attached hydrogens (tertiary/aromatic N) is 3. The minimum Gasteiger partial charge on any atom is -0.494 e. The summed E-state index contributed by atoms with van der Waals surface area (Å²) < 4.78 is 0. The van der Waals surface area contributed by atoms with E-state index >= 15 is 0 Å². The summed E-state index contributed by atoms with van der Waals surface area (Å²) >= 11 is 0. The normalized spacial score (nSPS) is 24.0. The molecule has 3 aliphatic rings. The molecule has 4 heterocycles. The molecule has 2 fully saturated rings. The van der Waals surface area contributed by atoms with Gasteiger partial charge in [0, 0.05) is 48.2 Å². The van der Waals surface area contributed by atoms with Gasteiger partial charge in [-0.05, 0) is 18.6 Å². The van der Waals surface area contributed by atoms with Gasteiger partial charge in [0.25, 0.3) is 0 Å². The zero-order valence-electron chi connectivity index (χ0n) is 16.5. The molecule has 2 saturated heterocycles. The lowest BCUT2D eigenvalue weighted by Crippen LogP contribution is -2.44. The Bertz CT molecular complexity index is 1180. The van der Waals surface area contributed by atoms with Gasteiger partial charge >= 0.3 is 0 Å². The van der Waals surface area contributed by atoms with Crippen LogP contribution in [0.25, 0.3) is 10.9 Å². The average molecular weight is 401 g/mol. The smallest absolute Gasteiger partial charge is 0.199 e. The zero-order valence-corrected chi connectivity index (χ0v) is 16.5. The molecule has 3 aliphatic heterocycles. The van der Waals surface area contributed by atoms with Gasteiger partial charge in [0.2, 0.25) is 0 Å². The first-order valence-electron chi connectivity index (χ1n) is 10.4. The highest BCUT2D eigenvalue weighted by atomic mass is 16.6. The molecule has 7 nitrogen and oxygen atoms in total. The average Bonchev–Trinajstić information content (AvgIpc) is 3.52. The number of aromatic amines is 1. The summed E-state index contributed by atoms with van der Waals surface area (Å²) in [6.07, 6.45) is 1.23. The van der Waals surface area contributed by atoms with Gasteiger partial charge in [-0.25, -0.2) is 4.99 Å². The van der Waals surface area contributed by atoms with E-state index in [1.54, 1.807) is 0 Å². The second-order valence-electron chi connectivity index (χ2n) is 8.13. The summed E-state index contributed by atoms with van der Waals surface area (Å²) in [5.41, 5.74) is 4.57. The Kier molecular flexibility index (Phi) is 4.11. The molecule has 2 atom stereocenters. The van der Waals surface area contributed by atoms with Crippen molar-refractivity contribution in [3.8, 4) is 5.88 Å². The number of aromatic hydroxyl groups is 1. The third kappa shape index (κ3) is 2.81. The predicted molar refractivity (Wildman–Crippen MR) is 117 cm³/mol. The van der Waals surface area contributed by atoms with Crippen molar-refractivity contribution >= 4 is 28.0 Å². The minimum atomic E-state index is 0.0936. The van der Waals surface area contributed by atoms with Crippen molar-refractivity contribution in [3.63, 3.8) is 0 Å². The van der Waals surface area contributed by atoms with Crippen molar-refractivity contribution in [2.24, 2.45) is 10.1 Å². The van der Waals surface area contributed by atoms with E-state index in [-0.39, 0.29) is 5.88 Å². The lowest BCUT2D eigenvalue weighted by molar-refractivity contribution is 0.101. The maximum absolute atomic E-state index is 10.6. The Morgan fingerprint density at radius 2 is 2.03 bits per heavy atom. The van der Waals surface area contributed by atoms with Gasteiger partial charge in [0.1, 0.15) is 18.0 Å². The molecule has 3 N–H and O–H groups in total. The summed E-state index contributed by atoms with van der Waals surface area (Å²) in [7, 11) is 0. The fourth-order valence-electron chi connectivity index (χ4n) is 4.90. The Labute approximate surface area is 174 Å². The van der Waals surface area contributed by atoms with Crippen LogP contribution in [0.5, 0.6) is 5.88 Å². The highest BCUT2D eigenvalue weighted by molar-refractivity contribution is 6.58. The molecule has 3 aromatic rings. The van der Waals surface area contributed by atoms with E-state index in [0.29, 0.717) is 35.7 Å². The lowest BCUT2D eigenvalue weighted by atomic mass is 10.0. The van der Waals surface area contributed by atoms with Crippen molar-refractivity contribution in [2.75, 3.05) is 26.2 Å². The van der Waals surface area contributed by atoms with Gasteiger partial charge in [-0.2, -0.15) is 0 Å². The number of rotatable bonds is 5. The number of para-hydroxylation sites is 2. The number of nitrogens with one attached hydrogen (secondary N) is 2. The van der Waals surface area contributed by atoms with E-state index in [2.05, 4.69) is 20.4 Å². The highest BCUT2D eigenvalue weighted by Crippen LogP contribution is 2.35. The largest absolute Gasteiger partial charge is 0.494 e. The molecule has 0 aliphatic carbocycles. The Morgan fingerprint density at radius 3 is 2.90 bits per heavy atom. The van der Waals surface area contributed by atoms with E-state index in [1.165, 1.54) is 6.42 Å². The van der Waals surface area contributed by atoms with Crippen LogP contribution < -0.4 is 5.32 Å². The maximum atomic E-state index is 10.6. The summed E-state index contributed by atoms with van der Waals surface area (Å²) in [4.78, 5) is 16.1. The monoisotopic (exact) mass is 401 g/mol. The molecule has 0 unspecified atom stereocenters. The molecule has 0 saturated carbocycles. The SMILES string of the molecule is Oc1[nH]c2ccccc2c1C1=Nc2ccccc2C1=NOCCN1C[C@@H]2C[C@H]1CN2. The number of hydrogen-bond donors (Lipinski definition) is 3. The summed E-state index contributed by atoms with van der Waals surface area (Å²) in [5, 5.41) is 19.5. The van der Waals surface area contributed by atoms with Gasteiger partial charge < -0.3 is 20.2 Å². The van der Waals surface area contributed by atoms with Crippen LogP contribution >= 0.6 is 0 Å². The number of oxime groups is 1. The third-order valence-corrected chi connectivity index (χ3v) is 6.33. The molecular weight excluding hydrogens is 378 g/mol. The van der Waals surface area contributed by atoms with Crippen LogP contribution in [0.4, 0.5) is 5.69 Å². The molecule has 2 bridgehead atoms. The number of benzene rings is 2. The number of likely N-dealkylation sites (tertiary alicyclic amines) is 1. The molecule has 152 valence electrons. The van der Waals surface area contributed by atoms with E-state index < -0.39 is 0 Å². The Balaban J connectivity index is 1.29. The van der Waals surface area contributed by atoms with Crippen molar-refractivity contribution < 1.29 is 9.94 Å². The number of H-pyrrole nitrogens is 1. The highest BCUT2D eigenvalue weighted by Gasteiger charge is 2.37. The summed E-state index contributed by atoms with van der Waals surface area (Å²) in [6.45, 7) is 3.56. The molecule has 0 radical (unpaired) electrons. The zero-order chi connectivity index (χ0) is 20.1. The van der Waals surface area contributed by atoms with Gasteiger partial charge in [-0.15, -0.1) is 0 Å². The van der Waals surface area contributed by atoms with Gasteiger partial charge in [-0.3, -0.25) is 4.90 Å². The van der Waals surface area contributed by atoms with Crippen LogP contribution in [-0.2, 0) is 4.84 Å². The standard InChI is InChI=1S/C23H23N5O2/c29-23-20(16-5-1-3-7-18(16)26-23)22-21(17-6-2-4-8-19(17)25-22)27-30-10-9-28-13-14-11-15(28)12-24-14/h1-8,14-15,24,26,29H,9-13H2/t14-,15-/m0/s1. The second kappa shape index (κ2) is 6.97. The fraction of sp³-hybridized carbons (Fsp3) is 0.304. The molecule has 6 rings (SSSR count). The van der Waals surface area contributed by atoms with Crippen LogP contribution in [0, 0.1) is 0 Å². The number of piperazine rings is 1. The summed E-state index contributed by atoms with van der Waals surface area (Å²) in [5.74, 6) is 0.0936. The fourth-order valence-corrected chi connectivity index (χ4v) is 4.90. The summed E-state index contributed by atoms with van der Waals surface area (Å²) in [6, 6.07) is 16.9. The maximum Gasteiger partial charge on any atom is 0.199 e. The van der Waals surface area contributed by atoms with E-state index in [0.717, 1.165) is 41.8 Å². The first-order valence-corrected chi connectivity index (χ1v) is 10.4. The quantitative estimate of drug-likeness (QED) is 0.453. The number of fused-ring (bicyclic) bond motifs is 4. The Hall–Kier alpha value is -3.16. The van der Waals surface area contributed by atoms with Gasteiger partial charge in [-0.1, -0.05) is 41.6 Å². The molecule has 7 heteroatoms. The third-order valence-electron chi connectivity index (χ3n) is 6.33. The van der Waals surface area contributed by atoms with Crippen LogP contribution in [0.1, 0.15) is 17.5 Å². The topological polar surface area (TPSA) is 85.2 Å². The molecule has 0 spiro atoms. The lowest BCUT2D eigenvalue weighted by Gasteiger charge is -2.26. The van der Waals surface area contributed by atoms with Crippen molar-refractivity contribution in [2.45, 2.75) is 18.5 Å². The van der Waals surface area contributed by atoms with Crippen molar-refractivity contribution in [1.82, 2.24) is 15.2 Å². The minimum absolute atomic E-state index is 0.0936. The number of aliphatic imine (C=N–C) groups is 1. The van der Waals surface area contributed by atoms with Crippen LogP contribution in [0.15, 0.2) is 58.7 Å². The van der Waals surface area contributed by atoms with E-state index in [1.807, 2.05) is 48.5 Å². The molecule has 2 aromatic carbocycles.